The third-order valence-electron chi connectivity index (χ3n) is 3.05. The number of rotatable bonds is 4. The zero-order valence-corrected chi connectivity index (χ0v) is 9.29. The van der Waals surface area contributed by atoms with Gasteiger partial charge in [0.2, 0.25) is 0 Å². The lowest BCUT2D eigenvalue weighted by molar-refractivity contribution is 0.147. The summed E-state index contributed by atoms with van der Waals surface area (Å²) in [6.45, 7) is 3.30. The van der Waals surface area contributed by atoms with Crippen LogP contribution >= 0.6 is 0 Å². The molecular formula is C10H22N4. The molecule has 3 N–H and O–H groups in total. The van der Waals surface area contributed by atoms with E-state index in [4.69, 9.17) is 11.1 Å². The van der Waals surface area contributed by atoms with Gasteiger partial charge in [0.1, 0.15) is 0 Å². The van der Waals surface area contributed by atoms with Crippen LogP contribution in [0.15, 0.2) is 0 Å². The Balaban J connectivity index is 2.23. The lowest BCUT2D eigenvalue weighted by Gasteiger charge is -2.35. The molecule has 4 nitrogen and oxygen atoms in total. The average molecular weight is 198 g/mol. The van der Waals surface area contributed by atoms with Gasteiger partial charge in [-0.2, -0.15) is 0 Å². The number of nitrogens with zero attached hydrogens (tertiary/aromatic N) is 2. The van der Waals surface area contributed by atoms with Crippen LogP contribution in [0.5, 0.6) is 0 Å². The minimum Gasteiger partial charge on any atom is -0.388 e. The topological polar surface area (TPSA) is 56.4 Å². The fraction of sp³-hybridized carbons (Fsp3) is 0.900. The summed E-state index contributed by atoms with van der Waals surface area (Å²) in [4.78, 5) is 4.71. The van der Waals surface area contributed by atoms with Gasteiger partial charge in [0.25, 0.3) is 0 Å². The molecule has 0 amide bonds. The first-order chi connectivity index (χ1) is 6.59. The summed E-state index contributed by atoms with van der Waals surface area (Å²) in [6, 6.07) is 0.686. The summed E-state index contributed by atoms with van der Waals surface area (Å²) >= 11 is 0. The van der Waals surface area contributed by atoms with Crippen LogP contribution in [0.4, 0.5) is 0 Å². The van der Waals surface area contributed by atoms with Crippen molar-refractivity contribution in [3.63, 3.8) is 0 Å². The lowest BCUT2D eigenvalue weighted by Crippen LogP contribution is -2.42. The molecule has 0 spiro atoms. The monoisotopic (exact) mass is 198 g/mol. The quantitative estimate of drug-likeness (QED) is 0.506. The van der Waals surface area contributed by atoms with Crippen LogP contribution in [0, 0.1) is 5.41 Å². The van der Waals surface area contributed by atoms with Crippen LogP contribution in [-0.4, -0.2) is 55.4 Å². The molecule has 1 heterocycles. The molecular weight excluding hydrogens is 176 g/mol. The summed E-state index contributed by atoms with van der Waals surface area (Å²) in [6.07, 6.45) is 3.18. The molecule has 1 saturated heterocycles. The summed E-state index contributed by atoms with van der Waals surface area (Å²) in [5.41, 5.74) is 5.34. The first-order valence-corrected chi connectivity index (χ1v) is 5.31. The van der Waals surface area contributed by atoms with Gasteiger partial charge in [-0.05, 0) is 40.0 Å². The minimum absolute atomic E-state index is 0.296. The highest BCUT2D eigenvalue weighted by Gasteiger charge is 2.19. The Morgan fingerprint density at radius 2 is 2.07 bits per heavy atom. The second kappa shape index (κ2) is 5.32. The Morgan fingerprint density at radius 1 is 1.50 bits per heavy atom. The van der Waals surface area contributed by atoms with Crippen molar-refractivity contribution < 1.29 is 0 Å². The van der Waals surface area contributed by atoms with Crippen molar-refractivity contribution in [1.82, 2.24) is 9.80 Å². The third-order valence-corrected chi connectivity index (χ3v) is 3.05. The van der Waals surface area contributed by atoms with Gasteiger partial charge in [-0.15, -0.1) is 0 Å². The van der Waals surface area contributed by atoms with Crippen LogP contribution < -0.4 is 5.73 Å². The Bertz CT molecular complexity index is 185. The average Bonchev–Trinajstić information content (AvgIpc) is 2.15. The summed E-state index contributed by atoms with van der Waals surface area (Å²) in [7, 11) is 4.31. The smallest absolute Gasteiger partial charge is 0.0918 e. The molecule has 4 heteroatoms. The Labute approximate surface area is 86.6 Å². The first-order valence-electron chi connectivity index (χ1n) is 5.31. The van der Waals surface area contributed by atoms with E-state index in [-0.39, 0.29) is 0 Å². The number of nitrogens with two attached hydrogens (primary N) is 1. The second-order valence-corrected chi connectivity index (χ2v) is 4.29. The zero-order chi connectivity index (χ0) is 10.6. The van der Waals surface area contributed by atoms with Gasteiger partial charge in [0, 0.05) is 19.0 Å². The molecule has 0 atom stereocenters. The molecule has 1 aliphatic rings. The van der Waals surface area contributed by atoms with Gasteiger partial charge in [0.05, 0.1) is 5.84 Å². The van der Waals surface area contributed by atoms with Gasteiger partial charge in [-0.3, -0.25) is 5.41 Å². The molecule has 0 aromatic rings. The first kappa shape index (κ1) is 11.5. The fourth-order valence-electron chi connectivity index (χ4n) is 1.92. The van der Waals surface area contributed by atoms with Gasteiger partial charge >= 0.3 is 0 Å². The maximum Gasteiger partial charge on any atom is 0.0918 e. The van der Waals surface area contributed by atoms with Gasteiger partial charge in [0.15, 0.2) is 0 Å². The van der Waals surface area contributed by atoms with Crippen molar-refractivity contribution in [3.8, 4) is 0 Å². The van der Waals surface area contributed by atoms with Crippen molar-refractivity contribution in [2.24, 2.45) is 5.73 Å². The van der Waals surface area contributed by atoms with Crippen LogP contribution in [-0.2, 0) is 0 Å². The Kier molecular flexibility index (Phi) is 4.35. The van der Waals surface area contributed by atoms with E-state index in [2.05, 4.69) is 23.9 Å². The molecule has 1 aliphatic heterocycles. The number of amidine groups is 1. The van der Waals surface area contributed by atoms with E-state index >= 15 is 0 Å². The number of nitrogens with one attached hydrogen (secondary N) is 1. The van der Waals surface area contributed by atoms with E-state index in [9.17, 15) is 0 Å². The molecule has 0 radical (unpaired) electrons. The van der Waals surface area contributed by atoms with Crippen LogP contribution in [0.2, 0.25) is 0 Å². The number of hydrogen-bond acceptors (Lipinski definition) is 3. The standard InChI is InChI=1S/C10H22N4/c1-13-6-3-9(4-7-13)14(2)8-5-10(11)12/h9H,3-8H2,1-2H3,(H3,11,12). The van der Waals surface area contributed by atoms with Crippen LogP contribution in [0.25, 0.3) is 0 Å². The Hall–Kier alpha value is -0.610. The van der Waals surface area contributed by atoms with E-state index in [1.54, 1.807) is 0 Å². The SMILES string of the molecule is CN1CCC(N(C)CCC(=N)N)CC1. The zero-order valence-electron chi connectivity index (χ0n) is 9.29. The van der Waals surface area contributed by atoms with E-state index in [0.29, 0.717) is 18.3 Å². The molecule has 1 fully saturated rings. The molecule has 0 saturated carbocycles. The minimum atomic E-state index is 0.296. The Morgan fingerprint density at radius 3 is 2.57 bits per heavy atom. The van der Waals surface area contributed by atoms with E-state index in [1.807, 2.05) is 0 Å². The molecule has 0 bridgehead atoms. The molecule has 0 aliphatic carbocycles. The van der Waals surface area contributed by atoms with E-state index < -0.39 is 0 Å². The van der Waals surface area contributed by atoms with Crippen LogP contribution in [0.3, 0.4) is 0 Å². The molecule has 1 rings (SSSR count). The van der Waals surface area contributed by atoms with Gasteiger partial charge in [-0.1, -0.05) is 0 Å². The third kappa shape index (κ3) is 3.64. The molecule has 14 heavy (non-hydrogen) atoms. The van der Waals surface area contributed by atoms with Crippen molar-refractivity contribution in [1.29, 1.82) is 5.41 Å². The van der Waals surface area contributed by atoms with Gasteiger partial charge < -0.3 is 15.5 Å². The van der Waals surface area contributed by atoms with E-state index in [1.165, 1.54) is 25.9 Å². The van der Waals surface area contributed by atoms with Crippen molar-refractivity contribution in [3.05, 3.63) is 0 Å². The highest BCUT2D eigenvalue weighted by atomic mass is 15.2. The number of hydrogen-bond donors (Lipinski definition) is 2. The van der Waals surface area contributed by atoms with Crippen molar-refractivity contribution in [2.45, 2.75) is 25.3 Å². The number of piperidine rings is 1. The maximum atomic E-state index is 7.18. The van der Waals surface area contributed by atoms with E-state index in [0.717, 1.165) is 6.54 Å². The van der Waals surface area contributed by atoms with Gasteiger partial charge in [-0.25, -0.2) is 0 Å². The normalized spacial score (nSPS) is 20.2. The maximum absolute atomic E-state index is 7.18. The summed E-state index contributed by atoms with van der Waals surface area (Å²) in [5.74, 6) is 0.296. The highest BCUT2D eigenvalue weighted by Crippen LogP contribution is 2.13. The van der Waals surface area contributed by atoms with Crippen molar-refractivity contribution in [2.75, 3.05) is 33.7 Å². The largest absolute Gasteiger partial charge is 0.388 e. The van der Waals surface area contributed by atoms with Crippen LogP contribution in [0.1, 0.15) is 19.3 Å². The summed E-state index contributed by atoms with van der Waals surface area (Å²) in [5, 5.41) is 7.18. The highest BCUT2D eigenvalue weighted by molar-refractivity contribution is 5.76. The fourth-order valence-corrected chi connectivity index (χ4v) is 1.92. The number of likely N-dealkylation sites (tertiary alicyclic amines) is 1. The lowest BCUT2D eigenvalue weighted by atomic mass is 10.0. The summed E-state index contributed by atoms with van der Waals surface area (Å²) < 4.78 is 0. The van der Waals surface area contributed by atoms with Crippen molar-refractivity contribution >= 4 is 5.84 Å². The molecule has 82 valence electrons. The molecule has 0 aromatic heterocycles. The molecule has 0 unspecified atom stereocenters. The predicted octanol–water partition coefficient (Wildman–Crippen LogP) is 0.338. The molecule has 0 aromatic carbocycles. The second-order valence-electron chi connectivity index (χ2n) is 4.29. The predicted molar refractivity (Wildman–Crippen MR) is 59.7 cm³/mol.